The smallest absolute Gasteiger partial charge is 0.263 e. The Hall–Kier alpha value is -2.15. The van der Waals surface area contributed by atoms with Crippen molar-refractivity contribution < 1.29 is 0 Å². The lowest BCUT2D eigenvalue weighted by molar-refractivity contribution is 0.634. The van der Waals surface area contributed by atoms with Crippen molar-refractivity contribution in [2.75, 3.05) is 5.32 Å². The number of hydrogen-bond donors (Lipinski definition) is 1. The number of thiophene rings is 1. The van der Waals surface area contributed by atoms with Crippen molar-refractivity contribution in [3.05, 3.63) is 32.2 Å². The first-order chi connectivity index (χ1) is 12.0. The van der Waals surface area contributed by atoms with E-state index in [1.54, 1.807) is 23.0 Å². The number of rotatable bonds is 3. The van der Waals surface area contributed by atoms with Gasteiger partial charge in [-0.25, -0.2) is 4.98 Å². The van der Waals surface area contributed by atoms with E-state index >= 15 is 0 Å². The van der Waals surface area contributed by atoms with E-state index in [1.165, 1.54) is 16.9 Å². The van der Waals surface area contributed by atoms with Gasteiger partial charge in [0, 0.05) is 18.5 Å². The molecular weight excluding hydrogens is 334 g/mol. The molecule has 0 saturated carbocycles. The molecule has 0 fully saturated rings. The van der Waals surface area contributed by atoms with E-state index in [-0.39, 0.29) is 5.56 Å². The molecule has 3 aromatic heterocycles. The Morgan fingerprint density at radius 1 is 1.24 bits per heavy atom. The van der Waals surface area contributed by atoms with Crippen LogP contribution in [0.25, 0.3) is 10.2 Å². The van der Waals surface area contributed by atoms with Gasteiger partial charge >= 0.3 is 0 Å². The maximum atomic E-state index is 13.0. The summed E-state index contributed by atoms with van der Waals surface area (Å²) in [5, 5.41) is 8.71. The maximum Gasteiger partial charge on any atom is 0.263 e. The van der Waals surface area contributed by atoms with Crippen molar-refractivity contribution in [2.45, 2.75) is 53.0 Å². The summed E-state index contributed by atoms with van der Waals surface area (Å²) in [6.45, 7) is 6.89. The molecule has 132 valence electrons. The molecule has 3 aromatic rings. The third-order valence-electron chi connectivity index (χ3n) is 5.11. The van der Waals surface area contributed by atoms with Crippen LogP contribution in [0, 0.1) is 13.8 Å². The van der Waals surface area contributed by atoms with Crippen LogP contribution in [-0.4, -0.2) is 19.3 Å². The highest BCUT2D eigenvalue weighted by Crippen LogP contribution is 2.34. The van der Waals surface area contributed by atoms with Crippen molar-refractivity contribution >= 4 is 33.2 Å². The van der Waals surface area contributed by atoms with Crippen molar-refractivity contribution in [2.24, 2.45) is 7.05 Å². The third-order valence-corrected chi connectivity index (χ3v) is 6.30. The molecule has 1 N–H and O–H groups in total. The van der Waals surface area contributed by atoms with E-state index in [0.29, 0.717) is 5.95 Å². The van der Waals surface area contributed by atoms with Crippen molar-refractivity contribution in [3.63, 3.8) is 0 Å². The Morgan fingerprint density at radius 3 is 2.72 bits per heavy atom. The molecule has 4 rings (SSSR count). The monoisotopic (exact) mass is 357 g/mol. The Balaban J connectivity index is 1.85. The van der Waals surface area contributed by atoms with Gasteiger partial charge in [-0.2, -0.15) is 5.10 Å². The molecule has 0 spiro atoms. The van der Waals surface area contributed by atoms with Crippen LogP contribution in [-0.2, 0) is 26.4 Å². The third kappa shape index (κ3) is 2.49. The van der Waals surface area contributed by atoms with Crippen molar-refractivity contribution in [1.29, 1.82) is 0 Å². The van der Waals surface area contributed by atoms with Crippen LogP contribution in [0.1, 0.15) is 41.6 Å². The van der Waals surface area contributed by atoms with Crippen LogP contribution >= 0.6 is 11.3 Å². The molecule has 1 aliphatic rings. The summed E-state index contributed by atoms with van der Waals surface area (Å²) in [4.78, 5) is 20.0. The molecule has 7 heteroatoms. The zero-order chi connectivity index (χ0) is 17.7. The Bertz CT molecular complexity index is 1030. The number of hydrogen-bond acceptors (Lipinski definition) is 5. The van der Waals surface area contributed by atoms with Crippen molar-refractivity contribution in [3.8, 4) is 0 Å². The Labute approximate surface area is 150 Å². The number of anilines is 2. The second kappa shape index (κ2) is 5.98. The zero-order valence-electron chi connectivity index (χ0n) is 15.1. The number of fused-ring (bicyclic) bond motifs is 3. The van der Waals surface area contributed by atoms with Gasteiger partial charge in [0.1, 0.15) is 4.83 Å². The minimum absolute atomic E-state index is 0.0464. The summed E-state index contributed by atoms with van der Waals surface area (Å²) in [7, 11) is 1.79. The van der Waals surface area contributed by atoms with E-state index in [2.05, 4.69) is 17.3 Å². The first-order valence-corrected chi connectivity index (χ1v) is 9.65. The highest BCUT2D eigenvalue weighted by atomic mass is 32.1. The largest absolute Gasteiger partial charge is 0.322 e. The summed E-state index contributed by atoms with van der Waals surface area (Å²) in [5.41, 5.74) is 4.19. The highest BCUT2D eigenvalue weighted by molar-refractivity contribution is 7.18. The molecule has 0 amide bonds. The van der Waals surface area contributed by atoms with Crippen LogP contribution in [0.15, 0.2) is 4.79 Å². The minimum atomic E-state index is 0.0464. The number of aryl methyl sites for hydroxylation is 4. The molecule has 0 aromatic carbocycles. The molecule has 3 heterocycles. The van der Waals surface area contributed by atoms with Crippen LogP contribution in [0.3, 0.4) is 0 Å². The summed E-state index contributed by atoms with van der Waals surface area (Å²) >= 11 is 1.68. The van der Waals surface area contributed by atoms with Crippen molar-refractivity contribution in [1.82, 2.24) is 19.3 Å². The molecule has 0 unspecified atom stereocenters. The fraction of sp³-hybridized carbons (Fsp3) is 0.500. The quantitative estimate of drug-likeness (QED) is 0.780. The van der Waals surface area contributed by atoms with Gasteiger partial charge in [-0.05, 0) is 52.0 Å². The van der Waals surface area contributed by atoms with E-state index in [1.807, 2.05) is 18.5 Å². The molecule has 1 aliphatic carbocycles. The SMILES string of the molecule is CCn1nc(C)c(Nc2nc3sc4c(c3c(=O)n2C)CCCC4)c1C. The van der Waals surface area contributed by atoms with E-state index in [0.717, 1.165) is 53.1 Å². The first kappa shape index (κ1) is 16.3. The van der Waals surface area contributed by atoms with Gasteiger partial charge in [-0.3, -0.25) is 14.0 Å². The summed E-state index contributed by atoms with van der Waals surface area (Å²) in [6.07, 6.45) is 4.45. The maximum absolute atomic E-state index is 13.0. The number of aromatic nitrogens is 4. The predicted molar refractivity (Wildman–Crippen MR) is 102 cm³/mol. The van der Waals surface area contributed by atoms with Gasteiger partial charge in [0.25, 0.3) is 5.56 Å². The average molecular weight is 357 g/mol. The first-order valence-electron chi connectivity index (χ1n) is 8.83. The van der Waals surface area contributed by atoms with Crippen LogP contribution in [0.4, 0.5) is 11.6 Å². The predicted octanol–water partition coefficient (Wildman–Crippen LogP) is 3.45. The second-order valence-corrected chi connectivity index (χ2v) is 7.76. The minimum Gasteiger partial charge on any atom is -0.322 e. The molecule has 25 heavy (non-hydrogen) atoms. The summed E-state index contributed by atoms with van der Waals surface area (Å²) < 4.78 is 3.59. The fourth-order valence-electron chi connectivity index (χ4n) is 3.70. The summed E-state index contributed by atoms with van der Waals surface area (Å²) in [5.74, 6) is 0.581. The standard InChI is InChI=1S/C18H23N5OS/c1-5-23-11(3)15(10(2)21-23)19-18-20-16-14(17(24)22(18)4)12-8-6-7-9-13(12)25-16/h5-9H2,1-4H3,(H,19,20). The van der Waals surface area contributed by atoms with E-state index in [9.17, 15) is 4.79 Å². The lowest BCUT2D eigenvalue weighted by atomic mass is 9.97. The van der Waals surface area contributed by atoms with Gasteiger partial charge in [-0.15, -0.1) is 11.3 Å². The highest BCUT2D eigenvalue weighted by Gasteiger charge is 2.22. The lowest BCUT2D eigenvalue weighted by Gasteiger charge is -2.12. The fourth-order valence-corrected chi connectivity index (χ4v) is 4.95. The van der Waals surface area contributed by atoms with Crippen LogP contribution < -0.4 is 10.9 Å². The van der Waals surface area contributed by atoms with Gasteiger partial charge in [0.2, 0.25) is 5.95 Å². The molecule has 0 aliphatic heterocycles. The lowest BCUT2D eigenvalue weighted by Crippen LogP contribution is -2.21. The Morgan fingerprint density at radius 2 is 2.00 bits per heavy atom. The van der Waals surface area contributed by atoms with Gasteiger partial charge in [0.05, 0.1) is 22.5 Å². The molecule has 0 saturated heterocycles. The zero-order valence-corrected chi connectivity index (χ0v) is 16.0. The normalized spacial score (nSPS) is 14.1. The average Bonchev–Trinajstić information content (AvgIpc) is 3.10. The number of nitrogens with one attached hydrogen (secondary N) is 1. The van der Waals surface area contributed by atoms with Gasteiger partial charge in [0.15, 0.2) is 0 Å². The van der Waals surface area contributed by atoms with Crippen LogP contribution in [0.2, 0.25) is 0 Å². The van der Waals surface area contributed by atoms with E-state index in [4.69, 9.17) is 4.98 Å². The molecule has 0 bridgehead atoms. The molecule has 0 radical (unpaired) electrons. The van der Waals surface area contributed by atoms with Gasteiger partial charge in [-0.1, -0.05) is 0 Å². The molecule has 6 nitrogen and oxygen atoms in total. The molecular formula is C18H23N5OS. The van der Waals surface area contributed by atoms with E-state index < -0.39 is 0 Å². The van der Waals surface area contributed by atoms with Gasteiger partial charge < -0.3 is 5.32 Å². The van der Waals surface area contributed by atoms with Crippen LogP contribution in [0.5, 0.6) is 0 Å². The molecule has 0 atom stereocenters. The Kier molecular flexibility index (Phi) is 3.91. The number of nitrogens with zero attached hydrogens (tertiary/aromatic N) is 4. The summed E-state index contributed by atoms with van der Waals surface area (Å²) in [6, 6.07) is 0. The topological polar surface area (TPSA) is 64.7 Å². The second-order valence-electron chi connectivity index (χ2n) is 6.68.